The van der Waals surface area contributed by atoms with Crippen LogP contribution in [0.4, 0.5) is 0 Å². The van der Waals surface area contributed by atoms with Crippen LogP contribution in [0.2, 0.25) is 0 Å². The Kier molecular flexibility index (Phi) is 13.7. The Balaban J connectivity index is -0.000000187. The van der Waals surface area contributed by atoms with Gasteiger partial charge in [0.15, 0.2) is 0 Å². The summed E-state index contributed by atoms with van der Waals surface area (Å²) in [6, 6.07) is 0. The zero-order valence-corrected chi connectivity index (χ0v) is 9.58. The molecular formula is C7H13LiO6S. The predicted octanol–water partition coefficient (Wildman–Crippen LogP) is -3.43. The number of carboxylic acid groups (broad SMARTS) is 1. The summed E-state index contributed by atoms with van der Waals surface area (Å²) >= 11 is 0. The standard InChI is InChI=1S/C4H6O2.C3H8O4S.Li/c1-3(2)4(5)6;4-2-1-3-8(5,6)7;/h1H2,2H3,(H,5,6);4H,1-3H2,(H,5,6,7);/q;;+1/p-1. The van der Waals surface area contributed by atoms with E-state index in [1.165, 1.54) is 6.92 Å². The van der Waals surface area contributed by atoms with Gasteiger partial charge < -0.3 is 14.8 Å². The van der Waals surface area contributed by atoms with Crippen molar-refractivity contribution in [2.75, 3.05) is 12.4 Å². The maximum absolute atomic E-state index is 9.72. The molecule has 0 aliphatic carbocycles. The molecule has 0 unspecified atom stereocenters. The van der Waals surface area contributed by atoms with Gasteiger partial charge in [0, 0.05) is 17.9 Å². The third-order valence-corrected chi connectivity index (χ3v) is 1.71. The van der Waals surface area contributed by atoms with Gasteiger partial charge in [-0.1, -0.05) is 6.58 Å². The van der Waals surface area contributed by atoms with Crippen LogP contribution in [-0.2, 0) is 14.9 Å². The number of carboxylic acids is 1. The van der Waals surface area contributed by atoms with Crippen molar-refractivity contribution < 1.29 is 46.8 Å². The van der Waals surface area contributed by atoms with Crippen LogP contribution in [-0.4, -0.2) is 41.5 Å². The van der Waals surface area contributed by atoms with E-state index in [9.17, 15) is 17.8 Å². The predicted molar refractivity (Wildman–Crippen MR) is 48.7 cm³/mol. The molecule has 15 heavy (non-hydrogen) atoms. The summed E-state index contributed by atoms with van der Waals surface area (Å²) < 4.78 is 29.2. The molecular weight excluding hydrogens is 219 g/mol. The number of aliphatic hydroxyl groups is 1. The Morgan fingerprint density at radius 2 is 1.80 bits per heavy atom. The van der Waals surface area contributed by atoms with Crippen molar-refractivity contribution >= 4 is 16.1 Å². The first-order valence-corrected chi connectivity index (χ1v) is 5.21. The van der Waals surface area contributed by atoms with E-state index in [2.05, 4.69) is 6.58 Å². The fraction of sp³-hybridized carbons (Fsp3) is 0.571. The molecule has 0 spiro atoms. The first-order valence-electron chi connectivity index (χ1n) is 3.64. The van der Waals surface area contributed by atoms with Crippen molar-refractivity contribution in [1.29, 1.82) is 0 Å². The molecule has 84 valence electrons. The Hall–Kier alpha value is -0.323. The van der Waals surface area contributed by atoms with Gasteiger partial charge in [-0.2, -0.15) is 0 Å². The summed E-state index contributed by atoms with van der Waals surface area (Å²) in [4.78, 5) is 9.60. The summed E-state index contributed by atoms with van der Waals surface area (Å²) in [5.41, 5.74) is 0.176. The second-order valence-electron chi connectivity index (χ2n) is 2.42. The number of hydrogen-bond donors (Lipinski definition) is 2. The molecule has 0 heterocycles. The van der Waals surface area contributed by atoms with Crippen LogP contribution in [0.1, 0.15) is 13.3 Å². The van der Waals surface area contributed by atoms with Gasteiger partial charge in [-0.3, -0.25) is 0 Å². The normalized spacial score (nSPS) is 9.27. The smallest absolute Gasteiger partial charge is 0.748 e. The van der Waals surface area contributed by atoms with Crippen LogP contribution in [0.25, 0.3) is 0 Å². The average Bonchev–Trinajstić information content (AvgIpc) is 2.00. The maximum Gasteiger partial charge on any atom is 1.00 e. The Morgan fingerprint density at radius 3 is 1.87 bits per heavy atom. The van der Waals surface area contributed by atoms with E-state index in [-0.39, 0.29) is 37.5 Å². The molecule has 0 bridgehead atoms. The molecule has 0 saturated heterocycles. The Bertz CT molecular complexity index is 272. The molecule has 6 nitrogen and oxygen atoms in total. The molecule has 0 aliphatic heterocycles. The maximum atomic E-state index is 9.72. The second-order valence-corrected chi connectivity index (χ2v) is 3.95. The minimum atomic E-state index is -4.10. The van der Waals surface area contributed by atoms with Crippen molar-refractivity contribution in [3.05, 3.63) is 12.2 Å². The van der Waals surface area contributed by atoms with Crippen LogP contribution in [0, 0.1) is 0 Å². The molecule has 8 heteroatoms. The van der Waals surface area contributed by atoms with E-state index in [0.29, 0.717) is 0 Å². The van der Waals surface area contributed by atoms with Gasteiger partial charge in [-0.15, -0.1) is 0 Å². The molecule has 0 saturated carbocycles. The summed E-state index contributed by atoms with van der Waals surface area (Å²) in [6.07, 6.45) is 0.0336. The monoisotopic (exact) mass is 232 g/mol. The van der Waals surface area contributed by atoms with Gasteiger partial charge in [-0.05, 0) is 13.3 Å². The van der Waals surface area contributed by atoms with Gasteiger partial charge in [0.05, 0.1) is 10.1 Å². The first-order chi connectivity index (χ1) is 6.20. The third kappa shape index (κ3) is 24.8. The van der Waals surface area contributed by atoms with Crippen LogP contribution in [0.3, 0.4) is 0 Å². The van der Waals surface area contributed by atoms with E-state index in [0.717, 1.165) is 0 Å². The average molecular weight is 232 g/mol. The van der Waals surface area contributed by atoms with Crippen LogP contribution in [0.5, 0.6) is 0 Å². The molecule has 2 N–H and O–H groups in total. The van der Waals surface area contributed by atoms with Gasteiger partial charge >= 0.3 is 24.8 Å². The van der Waals surface area contributed by atoms with Crippen LogP contribution < -0.4 is 18.9 Å². The Labute approximate surface area is 101 Å². The van der Waals surface area contributed by atoms with Gasteiger partial charge in [-0.25, -0.2) is 13.2 Å². The minimum Gasteiger partial charge on any atom is -0.748 e. The molecule has 0 aromatic heterocycles. The quantitative estimate of drug-likeness (QED) is 0.296. The topological polar surface area (TPSA) is 115 Å². The van der Waals surface area contributed by atoms with E-state index in [1.54, 1.807) is 0 Å². The second kappa shape index (κ2) is 10.2. The zero-order valence-electron chi connectivity index (χ0n) is 8.76. The van der Waals surface area contributed by atoms with Crippen molar-refractivity contribution in [2.24, 2.45) is 0 Å². The summed E-state index contributed by atoms with van der Waals surface area (Å²) in [5, 5.41) is 15.9. The van der Waals surface area contributed by atoms with E-state index in [4.69, 9.17) is 10.2 Å². The molecule has 0 aliphatic rings. The number of hydrogen-bond acceptors (Lipinski definition) is 5. The minimum absolute atomic E-state index is 0. The number of aliphatic carboxylic acids is 1. The number of carbonyl (C=O) groups is 1. The fourth-order valence-corrected chi connectivity index (χ4v) is 0.724. The molecule has 0 aromatic rings. The first kappa shape index (κ1) is 20.1. The molecule has 0 amide bonds. The Morgan fingerprint density at radius 1 is 1.47 bits per heavy atom. The van der Waals surface area contributed by atoms with Gasteiger partial charge in [0.25, 0.3) is 0 Å². The van der Waals surface area contributed by atoms with Crippen LogP contribution >= 0.6 is 0 Å². The van der Waals surface area contributed by atoms with Gasteiger partial charge in [0.1, 0.15) is 0 Å². The third-order valence-electron chi connectivity index (χ3n) is 0.918. The molecule has 0 radical (unpaired) electrons. The summed E-state index contributed by atoms with van der Waals surface area (Å²) in [5.74, 6) is -1.40. The summed E-state index contributed by atoms with van der Waals surface area (Å²) in [7, 11) is -4.10. The SMILES string of the molecule is C=C(C)C(=O)O.O=S(=O)([O-])CCCO.[Li+]. The number of rotatable bonds is 4. The van der Waals surface area contributed by atoms with Crippen molar-refractivity contribution in [3.63, 3.8) is 0 Å². The zero-order chi connectivity index (χ0) is 11.8. The summed E-state index contributed by atoms with van der Waals surface area (Å²) in [6.45, 7) is 4.35. The van der Waals surface area contributed by atoms with E-state index < -0.39 is 21.8 Å². The van der Waals surface area contributed by atoms with Crippen molar-refractivity contribution in [1.82, 2.24) is 0 Å². The molecule has 0 aromatic carbocycles. The van der Waals surface area contributed by atoms with E-state index in [1.807, 2.05) is 0 Å². The van der Waals surface area contributed by atoms with Crippen LogP contribution in [0.15, 0.2) is 12.2 Å². The van der Waals surface area contributed by atoms with Gasteiger partial charge in [0.2, 0.25) is 0 Å². The van der Waals surface area contributed by atoms with Crippen molar-refractivity contribution in [2.45, 2.75) is 13.3 Å². The number of aliphatic hydroxyl groups excluding tert-OH is 1. The van der Waals surface area contributed by atoms with E-state index >= 15 is 0 Å². The molecule has 0 atom stereocenters. The fourth-order valence-electron chi connectivity index (χ4n) is 0.241. The molecule has 0 rings (SSSR count). The van der Waals surface area contributed by atoms with Crippen molar-refractivity contribution in [3.8, 4) is 0 Å². The largest absolute Gasteiger partial charge is 1.00 e. The molecule has 0 fully saturated rings.